The highest BCUT2D eigenvalue weighted by atomic mass is 14.9. The van der Waals surface area contributed by atoms with Crippen molar-refractivity contribution in [3.63, 3.8) is 0 Å². The zero-order valence-corrected chi connectivity index (χ0v) is 5.18. The first-order valence-electron chi connectivity index (χ1n) is 3.74. The number of anilines is 1. The van der Waals surface area contributed by atoms with Crippen LogP contribution in [0.4, 0.5) is 5.82 Å². The first-order chi connectivity index (χ1) is 5.15. The molecule has 48 valence electrons. The van der Waals surface area contributed by atoms with Gasteiger partial charge in [-0.15, -0.1) is 0 Å². The van der Waals surface area contributed by atoms with Gasteiger partial charge < -0.3 is 5.73 Å². The minimum Gasteiger partial charge on any atom is -0.382 e. The van der Waals surface area contributed by atoms with Crippen LogP contribution >= 0.6 is 0 Å². The smallest absolute Gasteiger partial charge is 0.142 e. The Morgan fingerprint density at radius 3 is 3.22 bits per heavy atom. The molecule has 3 heteroatoms. The zero-order chi connectivity index (χ0) is 8.43. The third-order valence-electron chi connectivity index (χ3n) is 0.946. The van der Waals surface area contributed by atoms with Crippen molar-refractivity contribution in [1.29, 1.82) is 0 Å². The number of nitrogen functional groups attached to an aromatic ring is 1. The number of nitrogens with two attached hydrogens (primary N) is 1. The highest BCUT2D eigenvalue weighted by Crippen LogP contribution is 1.96. The van der Waals surface area contributed by atoms with E-state index in [9.17, 15) is 0 Å². The third-order valence-corrected chi connectivity index (χ3v) is 0.946. The molecular weight excluding hydrogens is 114 g/mol. The predicted octanol–water partition coefficient (Wildman–Crippen LogP) is 0.621. The molecule has 0 bridgehead atoms. The van der Waals surface area contributed by atoms with Gasteiger partial charge in [0, 0.05) is 6.17 Å². The fourth-order valence-corrected chi connectivity index (χ4v) is 0.503. The van der Waals surface area contributed by atoms with Crippen molar-refractivity contribution in [3.8, 4) is 0 Å². The van der Waals surface area contributed by atoms with Crippen molar-refractivity contribution < 1.29 is 2.74 Å². The van der Waals surface area contributed by atoms with Crippen molar-refractivity contribution in [3.05, 3.63) is 18.0 Å². The summed E-state index contributed by atoms with van der Waals surface area (Å²) in [5.74, 6) is 0.0952. The number of aryl methyl sites for hydroxylation is 1. The summed E-state index contributed by atoms with van der Waals surface area (Å²) in [6.45, 7) is 1.87. The van der Waals surface area contributed by atoms with Crippen molar-refractivity contribution in [2.45, 2.75) is 13.3 Å². The normalized spacial score (nSPS) is 12.6. The maximum absolute atomic E-state index is 7.26. The van der Waals surface area contributed by atoms with Crippen molar-refractivity contribution in [2.75, 3.05) is 5.73 Å². The van der Waals surface area contributed by atoms with Crippen LogP contribution in [0, 0.1) is 0 Å². The summed E-state index contributed by atoms with van der Waals surface area (Å²) in [5, 5.41) is 0. The van der Waals surface area contributed by atoms with E-state index in [1.54, 1.807) is 0 Å². The van der Waals surface area contributed by atoms with Crippen LogP contribution in [-0.2, 0) is 6.42 Å². The molecule has 0 fully saturated rings. The summed E-state index contributed by atoms with van der Waals surface area (Å²) in [6, 6.07) is 0. The second-order valence-electron chi connectivity index (χ2n) is 1.63. The number of aromatic nitrogens is 2. The van der Waals surface area contributed by atoms with E-state index < -0.39 is 0 Å². The first-order valence-corrected chi connectivity index (χ1v) is 2.74. The lowest BCUT2D eigenvalue weighted by Gasteiger charge is -1.93. The molecule has 9 heavy (non-hydrogen) atoms. The Morgan fingerprint density at radius 1 is 1.78 bits per heavy atom. The van der Waals surface area contributed by atoms with Gasteiger partial charge in [0.25, 0.3) is 0 Å². The van der Waals surface area contributed by atoms with Crippen molar-refractivity contribution in [1.82, 2.24) is 9.97 Å². The highest BCUT2D eigenvalue weighted by molar-refractivity contribution is 5.23. The Labute approximate surface area is 56.8 Å². The maximum Gasteiger partial charge on any atom is 0.142 e. The minimum absolute atomic E-state index is 0.0479. The van der Waals surface area contributed by atoms with Crippen LogP contribution in [0.2, 0.25) is 0 Å². The van der Waals surface area contributed by atoms with E-state index >= 15 is 0 Å². The molecule has 0 aliphatic carbocycles. The largest absolute Gasteiger partial charge is 0.382 e. The Hall–Kier alpha value is -1.12. The van der Waals surface area contributed by atoms with Crippen LogP contribution in [0.1, 0.15) is 15.4 Å². The van der Waals surface area contributed by atoms with Crippen molar-refractivity contribution >= 4 is 5.82 Å². The Bertz CT molecular complexity index is 275. The van der Waals surface area contributed by atoms with Crippen LogP contribution in [-0.4, -0.2) is 9.97 Å². The molecule has 1 aromatic heterocycles. The standard InChI is InChI=1S/C6H9N3/c1-2-5-3-8-4-6(7)9-5/h3-4H,2H2,1H3,(H2,7,9)/i3D,4D. The van der Waals surface area contributed by atoms with E-state index in [1.807, 2.05) is 6.92 Å². The summed E-state index contributed by atoms with van der Waals surface area (Å²) in [4.78, 5) is 7.42. The molecule has 0 saturated carbocycles. The predicted molar refractivity (Wildman–Crippen MR) is 35.8 cm³/mol. The average Bonchev–Trinajstić information content (AvgIpc) is 1.97. The van der Waals surface area contributed by atoms with Gasteiger partial charge in [-0.3, -0.25) is 4.98 Å². The van der Waals surface area contributed by atoms with Gasteiger partial charge in [-0.2, -0.15) is 0 Å². The number of nitrogens with zero attached hydrogens (tertiary/aromatic N) is 2. The summed E-state index contributed by atoms with van der Waals surface area (Å²) in [7, 11) is 0. The van der Waals surface area contributed by atoms with Crippen molar-refractivity contribution in [2.24, 2.45) is 0 Å². The Kier molecular flexibility index (Phi) is 1.03. The van der Waals surface area contributed by atoms with Gasteiger partial charge in [0.15, 0.2) is 0 Å². The number of hydrogen-bond acceptors (Lipinski definition) is 3. The second-order valence-corrected chi connectivity index (χ2v) is 1.63. The Morgan fingerprint density at radius 2 is 2.56 bits per heavy atom. The average molecular weight is 125 g/mol. The second kappa shape index (κ2) is 2.44. The molecule has 0 atom stereocenters. The molecule has 1 heterocycles. The van der Waals surface area contributed by atoms with Gasteiger partial charge in [-0.25, -0.2) is 4.98 Å². The molecule has 0 aliphatic rings. The molecule has 0 aromatic carbocycles. The summed E-state index contributed by atoms with van der Waals surface area (Å²) < 4.78 is 14.4. The lowest BCUT2D eigenvalue weighted by molar-refractivity contribution is 1.01. The Balaban J connectivity index is 3.21. The van der Waals surface area contributed by atoms with Crippen LogP contribution in [0.5, 0.6) is 0 Å². The van der Waals surface area contributed by atoms with E-state index in [0.29, 0.717) is 12.1 Å². The fourth-order valence-electron chi connectivity index (χ4n) is 0.503. The summed E-state index contributed by atoms with van der Waals surface area (Å²) in [5.41, 5.74) is 5.86. The molecule has 0 unspecified atom stereocenters. The lowest BCUT2D eigenvalue weighted by Crippen LogP contribution is -1.94. The molecular formula is C6H9N3. The molecule has 1 aromatic rings. The number of rotatable bonds is 1. The van der Waals surface area contributed by atoms with Gasteiger partial charge in [-0.1, -0.05) is 6.92 Å². The van der Waals surface area contributed by atoms with Gasteiger partial charge in [-0.05, 0) is 6.42 Å². The van der Waals surface area contributed by atoms with E-state index in [4.69, 9.17) is 8.48 Å². The van der Waals surface area contributed by atoms with Crippen LogP contribution in [0.3, 0.4) is 0 Å². The van der Waals surface area contributed by atoms with E-state index in [0.717, 1.165) is 0 Å². The lowest BCUT2D eigenvalue weighted by atomic mass is 10.4. The topological polar surface area (TPSA) is 51.8 Å². The summed E-state index contributed by atoms with van der Waals surface area (Å²) in [6.07, 6.45) is 0.551. The van der Waals surface area contributed by atoms with E-state index in [-0.39, 0.29) is 18.2 Å². The number of hydrogen-bond donors (Lipinski definition) is 1. The molecule has 1 rings (SSSR count). The molecule has 0 spiro atoms. The third kappa shape index (κ3) is 1.38. The van der Waals surface area contributed by atoms with Crippen LogP contribution in [0.15, 0.2) is 12.3 Å². The maximum atomic E-state index is 7.26. The van der Waals surface area contributed by atoms with Crippen LogP contribution < -0.4 is 5.73 Å². The van der Waals surface area contributed by atoms with Crippen LogP contribution in [0.25, 0.3) is 0 Å². The van der Waals surface area contributed by atoms with E-state index in [1.165, 1.54) is 0 Å². The summed E-state index contributed by atoms with van der Waals surface area (Å²) >= 11 is 0. The molecule has 0 radical (unpaired) electrons. The molecule has 0 aliphatic heterocycles. The highest BCUT2D eigenvalue weighted by Gasteiger charge is 1.89. The monoisotopic (exact) mass is 125 g/mol. The van der Waals surface area contributed by atoms with Gasteiger partial charge in [0.2, 0.25) is 0 Å². The minimum atomic E-state index is -0.118. The van der Waals surface area contributed by atoms with Gasteiger partial charge in [0.1, 0.15) is 5.82 Å². The fraction of sp³-hybridized carbons (Fsp3) is 0.333. The van der Waals surface area contributed by atoms with E-state index in [2.05, 4.69) is 9.97 Å². The van der Waals surface area contributed by atoms with Gasteiger partial charge >= 0.3 is 0 Å². The quantitative estimate of drug-likeness (QED) is 0.598. The molecule has 3 nitrogen and oxygen atoms in total. The molecule has 2 N–H and O–H groups in total. The van der Waals surface area contributed by atoms with Gasteiger partial charge in [0.05, 0.1) is 14.6 Å². The zero-order valence-electron chi connectivity index (χ0n) is 7.18. The molecule has 0 amide bonds. The SMILES string of the molecule is [2H]c1nc([2H])c(CC)nc1N. The first kappa shape index (κ1) is 3.82. The molecule has 0 saturated heterocycles.